The molecule has 0 bridgehead atoms. The van der Waals surface area contributed by atoms with Crippen molar-refractivity contribution >= 4 is 11.7 Å². The van der Waals surface area contributed by atoms with Crippen LogP contribution in [0.5, 0.6) is 0 Å². The van der Waals surface area contributed by atoms with E-state index in [2.05, 4.69) is 9.89 Å². The van der Waals surface area contributed by atoms with Crippen LogP contribution in [-0.4, -0.2) is 24.0 Å². The van der Waals surface area contributed by atoms with Gasteiger partial charge in [0.25, 0.3) is 0 Å². The normalized spacial score (nSPS) is 12.0. The van der Waals surface area contributed by atoms with Gasteiger partial charge in [-0.15, -0.1) is 0 Å². The van der Waals surface area contributed by atoms with Crippen LogP contribution in [0.3, 0.4) is 0 Å². The van der Waals surface area contributed by atoms with Gasteiger partial charge in [-0.2, -0.15) is 0 Å². The average Bonchev–Trinajstić information content (AvgIpc) is 1.99. The predicted octanol–water partition coefficient (Wildman–Crippen LogP) is 0.566. The van der Waals surface area contributed by atoms with E-state index in [4.69, 9.17) is 5.21 Å². The highest BCUT2D eigenvalue weighted by molar-refractivity contribution is 5.97. The van der Waals surface area contributed by atoms with Crippen molar-refractivity contribution in [2.24, 2.45) is 5.16 Å². The average molecular weight is 143 g/mol. The summed E-state index contributed by atoms with van der Waals surface area (Å²) in [4.78, 5) is 10.4. The Bertz CT molecular complexity index is 172. The zero-order valence-corrected chi connectivity index (χ0v) is 5.87. The van der Waals surface area contributed by atoms with Crippen molar-refractivity contribution < 1.29 is 14.7 Å². The quantitative estimate of drug-likeness (QED) is 0.202. The number of carbonyl (C=O) groups is 1. The van der Waals surface area contributed by atoms with Crippen molar-refractivity contribution in [3.05, 3.63) is 12.2 Å². The maximum atomic E-state index is 10.4. The minimum Gasteiger partial charge on any atom is -0.466 e. The molecule has 0 aromatic heterocycles. The van der Waals surface area contributed by atoms with Gasteiger partial charge in [0.05, 0.1) is 12.8 Å². The largest absolute Gasteiger partial charge is 0.466 e. The van der Waals surface area contributed by atoms with Gasteiger partial charge in [-0.3, -0.25) is 0 Å². The van der Waals surface area contributed by atoms with Gasteiger partial charge >= 0.3 is 5.97 Å². The molecule has 0 aliphatic heterocycles. The molecule has 0 rings (SSSR count). The molecule has 0 radical (unpaired) electrons. The summed E-state index contributed by atoms with van der Waals surface area (Å²) in [6.45, 7) is 1.56. The maximum absolute atomic E-state index is 10.4. The van der Waals surface area contributed by atoms with Crippen LogP contribution in [0.4, 0.5) is 0 Å². The first kappa shape index (κ1) is 8.68. The third-order valence-corrected chi connectivity index (χ3v) is 0.820. The summed E-state index contributed by atoms with van der Waals surface area (Å²) in [5.74, 6) is -0.469. The third kappa shape index (κ3) is 3.65. The predicted molar refractivity (Wildman–Crippen MR) is 36.1 cm³/mol. The summed E-state index contributed by atoms with van der Waals surface area (Å²) < 4.78 is 4.28. The summed E-state index contributed by atoms with van der Waals surface area (Å²) >= 11 is 0. The van der Waals surface area contributed by atoms with E-state index in [0.29, 0.717) is 5.71 Å². The molecule has 0 atom stereocenters. The second kappa shape index (κ2) is 4.55. The first-order chi connectivity index (χ1) is 4.70. The molecule has 0 fully saturated rings. The van der Waals surface area contributed by atoms with Gasteiger partial charge in [0.2, 0.25) is 0 Å². The van der Waals surface area contributed by atoms with Crippen LogP contribution in [0.25, 0.3) is 0 Å². The van der Waals surface area contributed by atoms with Crippen molar-refractivity contribution in [1.29, 1.82) is 0 Å². The zero-order chi connectivity index (χ0) is 7.98. The number of hydrogen-bond acceptors (Lipinski definition) is 4. The SMILES string of the molecule is COC(=O)/C=C/C(C)=N/O. The third-order valence-electron chi connectivity index (χ3n) is 0.820. The van der Waals surface area contributed by atoms with Crippen molar-refractivity contribution in [1.82, 2.24) is 0 Å². The Kier molecular flexibility index (Phi) is 3.95. The number of hydrogen-bond donors (Lipinski definition) is 1. The Morgan fingerprint density at radius 1 is 1.60 bits per heavy atom. The Morgan fingerprint density at radius 2 is 2.20 bits per heavy atom. The van der Waals surface area contributed by atoms with Crippen LogP contribution in [0.1, 0.15) is 6.92 Å². The molecule has 56 valence electrons. The summed E-state index contributed by atoms with van der Waals surface area (Å²) in [6, 6.07) is 0. The van der Waals surface area contributed by atoms with Crippen molar-refractivity contribution in [3.8, 4) is 0 Å². The van der Waals surface area contributed by atoms with Gasteiger partial charge in [0.15, 0.2) is 0 Å². The van der Waals surface area contributed by atoms with E-state index in [1.807, 2.05) is 0 Å². The fourth-order valence-corrected chi connectivity index (χ4v) is 0.290. The van der Waals surface area contributed by atoms with E-state index in [1.165, 1.54) is 19.3 Å². The lowest BCUT2D eigenvalue weighted by Gasteiger charge is -1.87. The second-order valence-electron chi connectivity index (χ2n) is 1.60. The summed E-state index contributed by atoms with van der Waals surface area (Å²) in [5.41, 5.74) is 0.352. The second-order valence-corrected chi connectivity index (χ2v) is 1.60. The van der Waals surface area contributed by atoms with E-state index in [0.717, 1.165) is 0 Å². The lowest BCUT2D eigenvalue weighted by atomic mass is 10.4. The summed E-state index contributed by atoms with van der Waals surface area (Å²) in [6.07, 6.45) is 2.53. The summed E-state index contributed by atoms with van der Waals surface area (Å²) in [5, 5.41) is 10.9. The van der Waals surface area contributed by atoms with Gasteiger partial charge in [0.1, 0.15) is 0 Å². The van der Waals surface area contributed by atoms with Crippen LogP contribution in [0, 0.1) is 0 Å². The Balaban J connectivity index is 3.88. The number of oxime groups is 1. The number of esters is 1. The smallest absolute Gasteiger partial charge is 0.330 e. The molecule has 10 heavy (non-hydrogen) atoms. The number of ether oxygens (including phenoxy) is 1. The molecule has 4 nitrogen and oxygen atoms in total. The Morgan fingerprint density at radius 3 is 2.60 bits per heavy atom. The Labute approximate surface area is 58.8 Å². The first-order valence-electron chi connectivity index (χ1n) is 2.65. The molecule has 0 heterocycles. The fraction of sp³-hybridized carbons (Fsp3) is 0.333. The van der Waals surface area contributed by atoms with Crippen LogP contribution < -0.4 is 0 Å². The molecule has 1 N–H and O–H groups in total. The van der Waals surface area contributed by atoms with Gasteiger partial charge in [-0.1, -0.05) is 5.16 Å². The molecule has 0 aliphatic carbocycles. The topological polar surface area (TPSA) is 58.9 Å². The molecule has 0 aromatic carbocycles. The van der Waals surface area contributed by atoms with Crippen LogP contribution in [0.15, 0.2) is 17.3 Å². The highest BCUT2D eigenvalue weighted by Crippen LogP contribution is 1.81. The highest BCUT2D eigenvalue weighted by Gasteiger charge is 1.89. The standard InChI is InChI=1S/C6H9NO3/c1-5(7-9)3-4-6(8)10-2/h3-4,9H,1-2H3/b4-3+,7-5+. The van der Waals surface area contributed by atoms with Gasteiger partial charge in [0, 0.05) is 6.08 Å². The molecule has 0 aromatic rings. The zero-order valence-electron chi connectivity index (χ0n) is 5.87. The number of methoxy groups -OCH3 is 1. The van der Waals surface area contributed by atoms with Gasteiger partial charge < -0.3 is 9.94 Å². The minimum absolute atomic E-state index is 0.352. The fourth-order valence-electron chi connectivity index (χ4n) is 0.290. The number of nitrogens with zero attached hydrogens (tertiary/aromatic N) is 1. The van der Waals surface area contributed by atoms with Gasteiger partial charge in [-0.05, 0) is 13.0 Å². The molecule has 0 unspecified atom stereocenters. The number of rotatable bonds is 2. The van der Waals surface area contributed by atoms with E-state index >= 15 is 0 Å². The van der Waals surface area contributed by atoms with Crippen LogP contribution >= 0.6 is 0 Å². The lowest BCUT2D eigenvalue weighted by Crippen LogP contribution is -1.95. The monoisotopic (exact) mass is 143 g/mol. The van der Waals surface area contributed by atoms with Gasteiger partial charge in [-0.25, -0.2) is 4.79 Å². The first-order valence-corrected chi connectivity index (χ1v) is 2.65. The molecule has 4 heteroatoms. The number of carbonyl (C=O) groups excluding carboxylic acids is 1. The van der Waals surface area contributed by atoms with Crippen LogP contribution in [0.2, 0.25) is 0 Å². The van der Waals surface area contributed by atoms with E-state index in [1.54, 1.807) is 6.92 Å². The molecule has 0 saturated heterocycles. The van der Waals surface area contributed by atoms with E-state index in [-0.39, 0.29) is 0 Å². The molecular weight excluding hydrogens is 134 g/mol. The maximum Gasteiger partial charge on any atom is 0.330 e. The Hall–Kier alpha value is -1.32. The van der Waals surface area contributed by atoms with Crippen molar-refractivity contribution in [2.75, 3.05) is 7.11 Å². The van der Waals surface area contributed by atoms with Crippen LogP contribution in [-0.2, 0) is 9.53 Å². The number of allylic oxidation sites excluding steroid dienone is 1. The molecule has 0 aliphatic rings. The van der Waals surface area contributed by atoms with E-state index in [9.17, 15) is 4.79 Å². The molecule has 0 saturated carbocycles. The van der Waals surface area contributed by atoms with Crippen molar-refractivity contribution in [3.63, 3.8) is 0 Å². The van der Waals surface area contributed by atoms with Crippen molar-refractivity contribution in [2.45, 2.75) is 6.92 Å². The molecular formula is C6H9NO3. The molecule has 0 spiro atoms. The summed E-state index contributed by atoms with van der Waals surface area (Å²) in [7, 11) is 1.28. The lowest BCUT2D eigenvalue weighted by molar-refractivity contribution is -0.134. The van der Waals surface area contributed by atoms with E-state index < -0.39 is 5.97 Å². The minimum atomic E-state index is -0.469. The highest BCUT2D eigenvalue weighted by atomic mass is 16.5. The molecule has 0 amide bonds.